The highest BCUT2D eigenvalue weighted by Gasteiger charge is 2.25. The van der Waals surface area contributed by atoms with E-state index in [-0.39, 0.29) is 0 Å². The van der Waals surface area contributed by atoms with E-state index in [1.807, 2.05) is 25.3 Å². The molecule has 120 valence electrons. The highest BCUT2D eigenvalue weighted by molar-refractivity contribution is 6.32. The number of aromatic nitrogens is 3. The van der Waals surface area contributed by atoms with Gasteiger partial charge < -0.3 is 14.6 Å². The van der Waals surface area contributed by atoms with Gasteiger partial charge in [-0.2, -0.15) is 10.1 Å². The molecule has 23 heavy (non-hydrogen) atoms. The Hall–Kier alpha value is -2.05. The number of nitrogens with zero attached hydrogens (tertiary/aromatic N) is 4. The molecule has 1 aliphatic heterocycles. The van der Waals surface area contributed by atoms with Crippen LogP contribution in [0, 0.1) is 6.92 Å². The molecule has 7 heteroatoms. The molecule has 0 unspecified atom stereocenters. The Bertz CT molecular complexity index is 842. The molecule has 0 radical (unpaired) electrons. The summed E-state index contributed by atoms with van der Waals surface area (Å²) in [7, 11) is 0. The summed E-state index contributed by atoms with van der Waals surface area (Å²) in [5.41, 5.74) is 3.25. The van der Waals surface area contributed by atoms with Crippen LogP contribution in [0.15, 0.2) is 28.9 Å². The van der Waals surface area contributed by atoms with Gasteiger partial charge in [0.15, 0.2) is 5.58 Å². The maximum atomic E-state index is 6.39. The molecular weight excluding hydrogens is 314 g/mol. The van der Waals surface area contributed by atoms with Gasteiger partial charge in [0.1, 0.15) is 11.2 Å². The number of piperazine rings is 1. The van der Waals surface area contributed by atoms with Gasteiger partial charge in [-0.05, 0) is 31.5 Å². The molecule has 4 rings (SSSR count). The molecule has 1 atom stereocenters. The van der Waals surface area contributed by atoms with Crippen molar-refractivity contribution < 1.29 is 4.42 Å². The van der Waals surface area contributed by atoms with Crippen molar-refractivity contribution in [3.05, 3.63) is 35.1 Å². The van der Waals surface area contributed by atoms with E-state index in [9.17, 15) is 0 Å². The summed E-state index contributed by atoms with van der Waals surface area (Å²) in [5.74, 6) is 0. The number of oxazole rings is 1. The zero-order chi connectivity index (χ0) is 16.0. The Morgan fingerprint density at radius 2 is 2.30 bits per heavy atom. The van der Waals surface area contributed by atoms with Crippen LogP contribution in [0.1, 0.15) is 12.5 Å². The first-order valence-electron chi connectivity index (χ1n) is 7.72. The Kier molecular flexibility index (Phi) is 3.50. The van der Waals surface area contributed by atoms with Crippen molar-refractivity contribution in [1.29, 1.82) is 0 Å². The van der Waals surface area contributed by atoms with Crippen molar-refractivity contribution in [3.8, 4) is 5.69 Å². The second-order valence-corrected chi connectivity index (χ2v) is 6.28. The third kappa shape index (κ3) is 2.38. The number of nitrogens with one attached hydrogen (secondary N) is 1. The Labute approximate surface area is 139 Å². The van der Waals surface area contributed by atoms with E-state index in [2.05, 4.69) is 27.2 Å². The second kappa shape index (κ2) is 5.54. The lowest BCUT2D eigenvalue weighted by Crippen LogP contribution is -2.50. The molecular formula is C16H18ClN5O. The first-order chi connectivity index (χ1) is 11.1. The third-order valence-electron chi connectivity index (χ3n) is 4.31. The number of rotatable bonds is 2. The van der Waals surface area contributed by atoms with Crippen LogP contribution < -0.4 is 10.2 Å². The lowest BCUT2D eigenvalue weighted by atomic mass is 10.2. The molecule has 0 saturated carbocycles. The first-order valence-corrected chi connectivity index (χ1v) is 8.10. The van der Waals surface area contributed by atoms with E-state index in [4.69, 9.17) is 16.0 Å². The quantitative estimate of drug-likeness (QED) is 0.782. The lowest BCUT2D eigenvalue weighted by molar-refractivity contribution is 0.455. The van der Waals surface area contributed by atoms with Crippen molar-refractivity contribution in [1.82, 2.24) is 20.1 Å². The number of benzene rings is 1. The minimum Gasteiger partial charge on any atom is -0.421 e. The maximum absolute atomic E-state index is 6.39. The van der Waals surface area contributed by atoms with Crippen LogP contribution in [0.2, 0.25) is 5.02 Å². The molecule has 1 aliphatic rings. The number of fused-ring (bicyclic) bond motifs is 1. The van der Waals surface area contributed by atoms with Crippen molar-refractivity contribution in [2.24, 2.45) is 0 Å². The van der Waals surface area contributed by atoms with Crippen molar-refractivity contribution in [3.63, 3.8) is 0 Å². The van der Waals surface area contributed by atoms with E-state index in [0.29, 0.717) is 17.1 Å². The fourth-order valence-electron chi connectivity index (χ4n) is 3.02. The SMILES string of the molecule is Cc1c(Cl)cc2nc(N3CCNC[C@@H]3C)oc2c1-n1cccn1. The van der Waals surface area contributed by atoms with Gasteiger partial charge >= 0.3 is 0 Å². The van der Waals surface area contributed by atoms with Gasteiger partial charge in [-0.15, -0.1) is 0 Å². The summed E-state index contributed by atoms with van der Waals surface area (Å²) in [6.07, 6.45) is 3.62. The molecule has 0 amide bonds. The van der Waals surface area contributed by atoms with Crippen molar-refractivity contribution in [2.45, 2.75) is 19.9 Å². The van der Waals surface area contributed by atoms with Gasteiger partial charge in [-0.25, -0.2) is 4.68 Å². The van der Waals surface area contributed by atoms with Crippen LogP contribution in [0.3, 0.4) is 0 Å². The van der Waals surface area contributed by atoms with E-state index >= 15 is 0 Å². The molecule has 1 fully saturated rings. The third-order valence-corrected chi connectivity index (χ3v) is 4.71. The summed E-state index contributed by atoms with van der Waals surface area (Å²) >= 11 is 6.39. The van der Waals surface area contributed by atoms with Gasteiger partial charge in [-0.1, -0.05) is 11.6 Å². The molecule has 1 N–H and O–H groups in total. The standard InChI is InChI=1S/C16H18ClN5O/c1-10-9-18-5-7-21(10)16-20-13-8-12(17)11(2)14(15(13)23-16)22-6-3-4-19-22/h3-4,6,8,10,18H,5,7,9H2,1-2H3/t10-/m0/s1. The second-order valence-electron chi connectivity index (χ2n) is 5.87. The molecule has 0 bridgehead atoms. The molecule has 3 heterocycles. The topological polar surface area (TPSA) is 59.1 Å². The highest BCUT2D eigenvalue weighted by atomic mass is 35.5. The molecule has 3 aromatic rings. The van der Waals surface area contributed by atoms with Crippen LogP contribution in [-0.4, -0.2) is 40.4 Å². The highest BCUT2D eigenvalue weighted by Crippen LogP contribution is 2.34. The molecule has 0 spiro atoms. The Morgan fingerprint density at radius 3 is 3.04 bits per heavy atom. The predicted octanol–water partition coefficient (Wildman–Crippen LogP) is 2.77. The fourth-order valence-corrected chi connectivity index (χ4v) is 3.22. The lowest BCUT2D eigenvalue weighted by Gasteiger charge is -2.32. The summed E-state index contributed by atoms with van der Waals surface area (Å²) < 4.78 is 7.91. The molecule has 6 nitrogen and oxygen atoms in total. The van der Waals surface area contributed by atoms with Gasteiger partial charge in [0.25, 0.3) is 6.01 Å². The first kappa shape index (κ1) is 14.5. The van der Waals surface area contributed by atoms with Crippen molar-refractivity contribution in [2.75, 3.05) is 24.5 Å². The van der Waals surface area contributed by atoms with Crippen LogP contribution in [0.5, 0.6) is 0 Å². The van der Waals surface area contributed by atoms with Crippen LogP contribution in [-0.2, 0) is 0 Å². The summed E-state index contributed by atoms with van der Waals surface area (Å²) in [4.78, 5) is 6.85. The zero-order valence-corrected chi connectivity index (χ0v) is 13.8. The van der Waals surface area contributed by atoms with Crippen molar-refractivity contribution >= 4 is 28.7 Å². The molecule has 1 aromatic carbocycles. The van der Waals surface area contributed by atoms with Gasteiger partial charge in [0.05, 0.1) is 0 Å². The maximum Gasteiger partial charge on any atom is 0.298 e. The van der Waals surface area contributed by atoms with E-state index in [0.717, 1.165) is 42.0 Å². The summed E-state index contributed by atoms with van der Waals surface area (Å²) in [6.45, 7) is 6.85. The van der Waals surface area contributed by atoms with Crippen LogP contribution >= 0.6 is 11.6 Å². The summed E-state index contributed by atoms with van der Waals surface area (Å²) in [6, 6.07) is 4.71. The normalized spacial score (nSPS) is 18.7. The Morgan fingerprint density at radius 1 is 1.43 bits per heavy atom. The monoisotopic (exact) mass is 331 g/mol. The van der Waals surface area contributed by atoms with Crippen LogP contribution in [0.25, 0.3) is 16.8 Å². The predicted molar refractivity (Wildman–Crippen MR) is 90.6 cm³/mol. The Balaban J connectivity index is 1.90. The smallest absolute Gasteiger partial charge is 0.298 e. The fraction of sp³-hybridized carbons (Fsp3) is 0.375. The minimum atomic E-state index is 0.335. The molecule has 2 aromatic heterocycles. The van der Waals surface area contributed by atoms with Gasteiger partial charge in [0.2, 0.25) is 0 Å². The minimum absolute atomic E-state index is 0.335. The number of halogens is 1. The molecule has 0 aliphatic carbocycles. The average molecular weight is 332 g/mol. The van der Waals surface area contributed by atoms with Gasteiger partial charge in [-0.3, -0.25) is 0 Å². The van der Waals surface area contributed by atoms with E-state index in [1.165, 1.54) is 0 Å². The van der Waals surface area contributed by atoms with Crippen LogP contribution in [0.4, 0.5) is 6.01 Å². The van der Waals surface area contributed by atoms with E-state index in [1.54, 1.807) is 10.9 Å². The number of hydrogen-bond donors (Lipinski definition) is 1. The zero-order valence-electron chi connectivity index (χ0n) is 13.1. The number of hydrogen-bond acceptors (Lipinski definition) is 5. The van der Waals surface area contributed by atoms with E-state index < -0.39 is 0 Å². The summed E-state index contributed by atoms with van der Waals surface area (Å²) in [5, 5.41) is 8.36. The average Bonchev–Trinajstić information content (AvgIpc) is 3.18. The van der Waals surface area contributed by atoms with Gasteiger partial charge in [0, 0.05) is 43.1 Å². The molecule has 1 saturated heterocycles. The largest absolute Gasteiger partial charge is 0.421 e. The number of anilines is 1.